The molecule has 3 aliphatic heterocycles. The fraction of sp³-hybridized carbons (Fsp3) is 0.900. The Morgan fingerprint density at radius 2 is 1.64 bits per heavy atom. The molecule has 3 aliphatic rings. The van der Waals surface area contributed by atoms with Crippen molar-refractivity contribution in [3.63, 3.8) is 0 Å². The van der Waals surface area contributed by atoms with Crippen molar-refractivity contribution < 1.29 is 9.59 Å². The number of hydrogen-bond donors (Lipinski definition) is 0. The van der Waals surface area contributed by atoms with Crippen molar-refractivity contribution in [2.24, 2.45) is 11.3 Å². The van der Waals surface area contributed by atoms with Crippen LogP contribution in [0.2, 0.25) is 0 Å². The van der Waals surface area contributed by atoms with E-state index in [9.17, 15) is 9.59 Å². The quantitative estimate of drug-likeness (QED) is 0.689. The molecule has 3 fully saturated rings. The fourth-order valence-corrected chi connectivity index (χ4v) is 7.47. The summed E-state index contributed by atoms with van der Waals surface area (Å²) in [5, 5.41) is 0. The molecule has 3 rings (SSSR count). The minimum absolute atomic E-state index is 0.131. The lowest BCUT2D eigenvalue weighted by Crippen LogP contribution is -2.50. The predicted octanol–water partition coefficient (Wildman–Crippen LogP) is 4.03. The lowest BCUT2D eigenvalue weighted by Gasteiger charge is -2.42. The maximum absolute atomic E-state index is 12.9. The van der Waals surface area contributed by atoms with Crippen molar-refractivity contribution in [3.8, 4) is 0 Å². The Hall–Kier alpha value is -0.470. The summed E-state index contributed by atoms with van der Waals surface area (Å²) in [6, 6.07) is 0. The van der Waals surface area contributed by atoms with Crippen LogP contribution in [0.1, 0.15) is 60.8 Å². The van der Waals surface area contributed by atoms with E-state index >= 15 is 0 Å². The maximum atomic E-state index is 12.9. The van der Waals surface area contributed by atoms with Crippen molar-refractivity contribution in [3.05, 3.63) is 0 Å². The van der Waals surface area contributed by atoms with E-state index in [0.717, 1.165) is 38.8 Å². The fourth-order valence-electron chi connectivity index (χ4n) is 4.16. The molecule has 25 heavy (non-hydrogen) atoms. The molecular formula is C20H39N2O2P. The first kappa shape index (κ1) is 22.6. The summed E-state index contributed by atoms with van der Waals surface area (Å²) in [6.07, 6.45) is 5.33. The molecule has 5 heteroatoms. The number of Topliss-reactive ketones (excluding diaryl/α,β-unsaturated/α-hetero) is 1. The maximum Gasteiger partial charge on any atom is 0.230 e. The average Bonchev–Trinajstić information content (AvgIpc) is 2.90. The first-order valence-corrected chi connectivity index (χ1v) is 11.9. The molecule has 146 valence electrons. The highest BCUT2D eigenvalue weighted by atomic mass is 31.1. The molecule has 0 aromatic heterocycles. The van der Waals surface area contributed by atoms with Gasteiger partial charge in [0.05, 0.1) is 5.66 Å². The van der Waals surface area contributed by atoms with Crippen molar-refractivity contribution in [1.29, 1.82) is 0 Å². The van der Waals surface area contributed by atoms with E-state index in [-0.39, 0.29) is 19.1 Å². The van der Waals surface area contributed by atoms with Gasteiger partial charge < -0.3 is 9.80 Å². The second kappa shape index (κ2) is 10.0. The highest BCUT2D eigenvalue weighted by Gasteiger charge is 2.47. The van der Waals surface area contributed by atoms with Gasteiger partial charge >= 0.3 is 0 Å². The van der Waals surface area contributed by atoms with Crippen LogP contribution in [0.15, 0.2) is 0 Å². The number of amides is 1. The second-order valence-electron chi connectivity index (χ2n) is 7.43. The number of nitrogens with zero attached hydrogens (tertiary/aromatic N) is 2. The molecule has 3 unspecified atom stereocenters. The summed E-state index contributed by atoms with van der Waals surface area (Å²) in [7, 11) is 2.06. The van der Waals surface area contributed by atoms with E-state index in [1.807, 2.05) is 27.7 Å². The van der Waals surface area contributed by atoms with Crippen molar-refractivity contribution in [2.45, 2.75) is 66.5 Å². The summed E-state index contributed by atoms with van der Waals surface area (Å²) >= 11 is 0. The average molecular weight is 371 g/mol. The second-order valence-corrected chi connectivity index (χ2v) is 9.89. The Morgan fingerprint density at radius 1 is 1.08 bits per heavy atom. The number of rotatable bonds is 2. The minimum Gasteiger partial charge on any atom is -0.342 e. The normalized spacial score (nSPS) is 30.5. The van der Waals surface area contributed by atoms with E-state index in [4.69, 9.17) is 0 Å². The predicted molar refractivity (Wildman–Crippen MR) is 108 cm³/mol. The van der Waals surface area contributed by atoms with Gasteiger partial charge in [-0.2, -0.15) is 0 Å². The third-order valence-corrected chi connectivity index (χ3v) is 8.99. The van der Waals surface area contributed by atoms with Crippen LogP contribution in [0.4, 0.5) is 0 Å². The van der Waals surface area contributed by atoms with E-state index in [1.54, 1.807) is 6.92 Å². The van der Waals surface area contributed by atoms with Crippen LogP contribution in [0.3, 0.4) is 0 Å². The SMILES string of the molecule is CC.CC.CC(=O)C1(C)CCN(C(=O)C2C3CCP2CN(C)C3)CC1. The Labute approximate surface area is 156 Å². The number of hydrogen-bond acceptors (Lipinski definition) is 3. The molecule has 0 spiro atoms. The van der Waals surface area contributed by atoms with Crippen LogP contribution < -0.4 is 0 Å². The third-order valence-electron chi connectivity index (χ3n) is 5.88. The summed E-state index contributed by atoms with van der Waals surface area (Å²) in [5.74, 6) is 1.27. The Bertz CT molecular complexity index is 433. The monoisotopic (exact) mass is 370 g/mol. The molecule has 0 radical (unpaired) electrons. The molecule has 0 N–H and O–H groups in total. The van der Waals surface area contributed by atoms with Crippen LogP contribution in [-0.4, -0.2) is 66.3 Å². The Morgan fingerprint density at radius 3 is 2.12 bits per heavy atom. The van der Waals surface area contributed by atoms with Crippen LogP contribution in [0.25, 0.3) is 0 Å². The minimum atomic E-state index is -0.201. The first-order chi connectivity index (χ1) is 11.9. The van der Waals surface area contributed by atoms with Crippen LogP contribution >= 0.6 is 7.92 Å². The van der Waals surface area contributed by atoms with Crippen molar-refractivity contribution >= 4 is 19.6 Å². The van der Waals surface area contributed by atoms with E-state index in [0.29, 0.717) is 17.5 Å². The summed E-state index contributed by atoms with van der Waals surface area (Å²) < 4.78 is 0. The topological polar surface area (TPSA) is 40.6 Å². The molecule has 4 nitrogen and oxygen atoms in total. The highest BCUT2D eigenvalue weighted by Crippen LogP contribution is 2.56. The van der Waals surface area contributed by atoms with E-state index in [2.05, 4.69) is 23.8 Å². The number of likely N-dealkylation sites (tertiary alicyclic amines) is 1. The van der Waals surface area contributed by atoms with Crippen molar-refractivity contribution in [2.75, 3.05) is 39.1 Å². The zero-order valence-electron chi connectivity index (χ0n) is 17.5. The van der Waals surface area contributed by atoms with Crippen molar-refractivity contribution in [1.82, 2.24) is 9.80 Å². The van der Waals surface area contributed by atoms with E-state index in [1.165, 1.54) is 12.6 Å². The Balaban J connectivity index is 0.000000730. The van der Waals surface area contributed by atoms with Gasteiger partial charge in [-0.25, -0.2) is 0 Å². The molecule has 0 aromatic rings. The van der Waals surface area contributed by atoms with Gasteiger partial charge in [-0.1, -0.05) is 42.5 Å². The smallest absolute Gasteiger partial charge is 0.230 e. The van der Waals surface area contributed by atoms with Gasteiger partial charge in [0, 0.05) is 31.3 Å². The lowest BCUT2D eigenvalue weighted by atomic mass is 9.77. The van der Waals surface area contributed by atoms with E-state index < -0.39 is 0 Å². The zero-order valence-corrected chi connectivity index (χ0v) is 18.4. The molecule has 3 saturated heterocycles. The largest absolute Gasteiger partial charge is 0.342 e. The highest BCUT2D eigenvalue weighted by molar-refractivity contribution is 7.59. The molecule has 1 amide bonds. The summed E-state index contributed by atoms with van der Waals surface area (Å²) in [4.78, 5) is 29.2. The number of fused-ring (bicyclic) bond motifs is 2. The van der Waals surface area contributed by atoms with Gasteiger partial charge in [-0.15, -0.1) is 0 Å². The molecular weight excluding hydrogens is 331 g/mol. The van der Waals surface area contributed by atoms with Gasteiger partial charge in [-0.05, 0) is 45.3 Å². The summed E-state index contributed by atoms with van der Waals surface area (Å²) in [5.41, 5.74) is 0.117. The molecule has 0 aromatic carbocycles. The number of piperidine rings is 1. The standard InChI is InChI=1S/C16H27N2O2P.2C2H6/c1-12(19)16(2)5-7-18(8-6-16)15(20)14-13-4-9-21(14)11-17(3)10-13;2*1-2/h13-14H,4-11H2,1-3H3;2*1-2H3. The molecule has 3 heterocycles. The van der Waals surface area contributed by atoms with Gasteiger partial charge in [0.25, 0.3) is 0 Å². The summed E-state index contributed by atoms with van der Waals surface area (Å²) in [6.45, 7) is 14.4. The lowest BCUT2D eigenvalue weighted by molar-refractivity contribution is -0.138. The van der Waals surface area contributed by atoms with Gasteiger partial charge in [0.15, 0.2) is 0 Å². The molecule has 0 saturated carbocycles. The van der Waals surface area contributed by atoms with Crippen LogP contribution in [0.5, 0.6) is 0 Å². The Kier molecular flexibility index (Phi) is 9.04. The number of carbonyl (C=O) groups is 2. The zero-order chi connectivity index (χ0) is 19.2. The van der Waals surface area contributed by atoms with Gasteiger partial charge in [0.2, 0.25) is 5.91 Å². The molecule has 3 atom stereocenters. The first-order valence-electron chi connectivity index (χ1n) is 10.1. The van der Waals surface area contributed by atoms with Gasteiger partial charge in [0.1, 0.15) is 5.78 Å². The number of carbonyl (C=O) groups excluding carboxylic acids is 2. The molecule has 2 bridgehead atoms. The third kappa shape index (κ3) is 5.04. The van der Waals surface area contributed by atoms with Crippen LogP contribution in [0, 0.1) is 11.3 Å². The van der Waals surface area contributed by atoms with Gasteiger partial charge in [-0.3, -0.25) is 9.59 Å². The molecule has 0 aliphatic carbocycles. The number of ketones is 1. The van der Waals surface area contributed by atoms with Crippen LogP contribution in [-0.2, 0) is 9.59 Å².